The Bertz CT molecular complexity index is 825. The number of rotatable bonds is 3. The van der Waals surface area contributed by atoms with Crippen LogP contribution in [-0.4, -0.2) is 5.78 Å². The van der Waals surface area contributed by atoms with E-state index in [1.807, 2.05) is 95.3 Å². The summed E-state index contributed by atoms with van der Waals surface area (Å²) in [5.74, 6) is 0.459. The molecule has 0 bridgehead atoms. The first-order valence-electron chi connectivity index (χ1n) is 9.97. The van der Waals surface area contributed by atoms with Gasteiger partial charge in [0.25, 0.3) is 0 Å². The summed E-state index contributed by atoms with van der Waals surface area (Å²) in [5.41, 5.74) is 1.77. The van der Waals surface area contributed by atoms with Crippen LogP contribution in [0.25, 0.3) is 10.8 Å². The third kappa shape index (κ3) is 5.19. The molecule has 0 spiro atoms. The van der Waals surface area contributed by atoms with Crippen molar-refractivity contribution in [3.8, 4) is 5.75 Å². The monoisotopic (exact) mass is 364 g/mol. The van der Waals surface area contributed by atoms with Crippen molar-refractivity contribution >= 4 is 16.6 Å². The Balaban J connectivity index is 0.000000855. The van der Waals surface area contributed by atoms with Crippen LogP contribution >= 0.6 is 0 Å². The Labute approximate surface area is 164 Å². The van der Waals surface area contributed by atoms with Gasteiger partial charge in [0, 0.05) is 0 Å². The summed E-state index contributed by atoms with van der Waals surface area (Å²) < 4.78 is 5.71. The van der Waals surface area contributed by atoms with E-state index in [0.29, 0.717) is 11.3 Å². The van der Waals surface area contributed by atoms with Gasteiger partial charge in [0.05, 0.1) is 17.7 Å². The molecule has 0 radical (unpaired) electrons. The Hall–Kier alpha value is -2.61. The molecule has 0 saturated heterocycles. The van der Waals surface area contributed by atoms with E-state index >= 15 is 0 Å². The molecule has 0 amide bonds. The average molecular weight is 365 g/mol. The molecule has 2 aromatic rings. The summed E-state index contributed by atoms with van der Waals surface area (Å²) in [6.45, 7) is 12.0. The number of Topliss-reactive ketones (excluding diaryl/α,β-unsaturated/α-hetero) is 1. The second kappa shape index (κ2) is 11.9. The number of carbonyl (C=O) groups is 1. The highest BCUT2D eigenvalue weighted by molar-refractivity contribution is 6.13. The number of hydrogen-bond donors (Lipinski definition) is 0. The maximum atomic E-state index is 13.2. The second-order valence-corrected chi connectivity index (χ2v) is 5.57. The van der Waals surface area contributed by atoms with Gasteiger partial charge in [-0.1, -0.05) is 88.8 Å². The Morgan fingerprint density at radius 1 is 1.07 bits per heavy atom. The third-order valence-electron chi connectivity index (χ3n) is 4.20. The van der Waals surface area contributed by atoms with Crippen LogP contribution in [0.1, 0.15) is 58.3 Å². The number of hydrogen-bond acceptors (Lipinski definition) is 2. The van der Waals surface area contributed by atoms with E-state index in [2.05, 4.69) is 6.92 Å². The van der Waals surface area contributed by atoms with Gasteiger partial charge in [-0.15, -0.1) is 0 Å². The molecule has 1 aliphatic heterocycles. The lowest BCUT2D eigenvalue weighted by Gasteiger charge is -2.15. The molecule has 1 aliphatic rings. The molecule has 1 heterocycles. The fourth-order valence-corrected chi connectivity index (χ4v) is 2.99. The topological polar surface area (TPSA) is 26.3 Å². The van der Waals surface area contributed by atoms with Gasteiger partial charge in [0.1, 0.15) is 5.75 Å². The number of ether oxygens (including phenoxy) is 1. The zero-order valence-electron chi connectivity index (χ0n) is 17.5. The first kappa shape index (κ1) is 22.4. The quantitative estimate of drug-likeness (QED) is 0.527. The highest BCUT2D eigenvalue weighted by Gasteiger charge is 2.27. The van der Waals surface area contributed by atoms with Gasteiger partial charge in [0.15, 0.2) is 5.78 Å². The molecular weight excluding hydrogens is 332 g/mol. The Kier molecular flexibility index (Phi) is 9.89. The van der Waals surface area contributed by atoms with Crippen molar-refractivity contribution in [2.75, 3.05) is 0 Å². The molecule has 2 nitrogen and oxygen atoms in total. The summed E-state index contributed by atoms with van der Waals surface area (Å²) in [4.78, 5) is 13.2. The zero-order valence-corrected chi connectivity index (χ0v) is 17.5. The van der Waals surface area contributed by atoms with E-state index in [-0.39, 0.29) is 11.7 Å². The molecule has 1 atom stereocenters. The average Bonchev–Trinajstić information content (AvgIpc) is 2.91. The molecule has 0 aliphatic carbocycles. The predicted molar refractivity (Wildman–Crippen MR) is 117 cm³/mol. The smallest absolute Gasteiger partial charge is 0.178 e. The molecule has 144 valence electrons. The molecule has 2 heteroatoms. The van der Waals surface area contributed by atoms with Crippen LogP contribution in [0.3, 0.4) is 0 Å². The molecule has 2 aromatic carbocycles. The minimum atomic E-state index is -0.275. The van der Waals surface area contributed by atoms with Gasteiger partial charge in [-0.05, 0) is 36.3 Å². The molecule has 27 heavy (non-hydrogen) atoms. The minimum Gasteiger partial charge on any atom is -0.465 e. The first-order chi connectivity index (χ1) is 13.3. The van der Waals surface area contributed by atoms with E-state index in [1.165, 1.54) is 0 Å². The molecular formula is C25H32O2. The Morgan fingerprint density at radius 3 is 2.44 bits per heavy atom. The van der Waals surface area contributed by atoms with E-state index in [9.17, 15) is 4.79 Å². The maximum absolute atomic E-state index is 13.2. The van der Waals surface area contributed by atoms with Crippen molar-refractivity contribution in [3.05, 3.63) is 78.1 Å². The normalized spacial score (nSPS) is 15.9. The maximum Gasteiger partial charge on any atom is 0.178 e. The van der Waals surface area contributed by atoms with Gasteiger partial charge in [-0.2, -0.15) is 0 Å². The van der Waals surface area contributed by atoms with Crippen molar-refractivity contribution in [1.29, 1.82) is 0 Å². The highest BCUT2D eigenvalue weighted by atomic mass is 16.5. The highest BCUT2D eigenvalue weighted by Crippen LogP contribution is 2.35. The van der Waals surface area contributed by atoms with Crippen LogP contribution in [-0.2, 0) is 0 Å². The summed E-state index contributed by atoms with van der Waals surface area (Å²) >= 11 is 0. The van der Waals surface area contributed by atoms with Gasteiger partial charge in [-0.25, -0.2) is 0 Å². The second-order valence-electron chi connectivity index (χ2n) is 5.57. The van der Waals surface area contributed by atoms with Gasteiger partial charge < -0.3 is 4.74 Å². The zero-order chi connectivity index (χ0) is 20.2. The summed E-state index contributed by atoms with van der Waals surface area (Å²) in [7, 11) is 0. The number of fused-ring (bicyclic) bond motifs is 3. The number of carbonyl (C=O) groups excluding carboxylic acids is 1. The third-order valence-corrected chi connectivity index (χ3v) is 4.20. The molecule has 0 fully saturated rings. The fraction of sp³-hybridized carbons (Fsp3) is 0.320. The van der Waals surface area contributed by atoms with Crippen molar-refractivity contribution in [1.82, 2.24) is 0 Å². The molecule has 3 rings (SSSR count). The van der Waals surface area contributed by atoms with Gasteiger partial charge in [-0.3, -0.25) is 4.79 Å². The lowest BCUT2D eigenvalue weighted by molar-refractivity contribution is 0.0961. The van der Waals surface area contributed by atoms with Gasteiger partial charge >= 0.3 is 0 Å². The first-order valence-corrected chi connectivity index (χ1v) is 9.97. The van der Waals surface area contributed by atoms with Crippen LogP contribution in [0.5, 0.6) is 5.75 Å². The van der Waals surface area contributed by atoms with E-state index in [4.69, 9.17) is 4.74 Å². The van der Waals surface area contributed by atoms with Crippen LogP contribution in [0.4, 0.5) is 0 Å². The van der Waals surface area contributed by atoms with Crippen LogP contribution in [0.2, 0.25) is 0 Å². The van der Waals surface area contributed by atoms with Crippen molar-refractivity contribution < 1.29 is 9.53 Å². The summed E-state index contributed by atoms with van der Waals surface area (Å²) in [5, 5.41) is 2.00. The van der Waals surface area contributed by atoms with Crippen molar-refractivity contribution in [3.63, 3.8) is 0 Å². The standard InChI is InChI=1S/C21H20O2.2C2H6/c1-3-5-8-15(4-2)18-13-14-23-19-12-11-16-9-6-7-10-17(16)20(19)21(18)22;2*1-2/h3,5-14,18H,4H2,1-2H3;2*1-2H3/b5-3-,15-8+;;. The van der Waals surface area contributed by atoms with Crippen molar-refractivity contribution in [2.24, 2.45) is 5.92 Å². The predicted octanol–water partition coefficient (Wildman–Crippen LogP) is 7.51. The lowest BCUT2D eigenvalue weighted by Crippen LogP contribution is -2.14. The molecule has 1 unspecified atom stereocenters. The van der Waals surface area contributed by atoms with Crippen LogP contribution in [0.15, 0.2) is 72.5 Å². The fourth-order valence-electron chi connectivity index (χ4n) is 2.99. The van der Waals surface area contributed by atoms with E-state index in [0.717, 1.165) is 22.8 Å². The Morgan fingerprint density at radius 2 is 1.78 bits per heavy atom. The largest absolute Gasteiger partial charge is 0.465 e. The van der Waals surface area contributed by atoms with Crippen LogP contribution < -0.4 is 4.74 Å². The van der Waals surface area contributed by atoms with Crippen molar-refractivity contribution in [2.45, 2.75) is 48.0 Å². The lowest BCUT2D eigenvalue weighted by atomic mass is 9.86. The van der Waals surface area contributed by atoms with E-state index < -0.39 is 0 Å². The molecule has 0 aromatic heterocycles. The van der Waals surface area contributed by atoms with Crippen LogP contribution in [0, 0.1) is 5.92 Å². The number of benzene rings is 2. The summed E-state index contributed by atoms with van der Waals surface area (Å²) in [6.07, 6.45) is 10.3. The SMILES string of the molecule is C/C=C\C=C(/CC)C1C=COc2ccc3ccccc3c2C1=O.CC.CC. The number of allylic oxidation sites excluding steroid dienone is 5. The molecule has 0 saturated carbocycles. The van der Waals surface area contributed by atoms with Gasteiger partial charge in [0.2, 0.25) is 0 Å². The molecule has 0 N–H and O–H groups in total. The minimum absolute atomic E-state index is 0.100. The summed E-state index contributed by atoms with van der Waals surface area (Å²) in [6, 6.07) is 11.8. The van der Waals surface area contributed by atoms with E-state index in [1.54, 1.807) is 6.26 Å². The number of ketones is 1.